The molecule has 1 saturated heterocycles. The van der Waals surface area contributed by atoms with E-state index in [1.54, 1.807) is 0 Å². The van der Waals surface area contributed by atoms with Gasteiger partial charge in [-0.2, -0.15) is 0 Å². The van der Waals surface area contributed by atoms with Crippen LogP contribution >= 0.6 is 38.9 Å². The van der Waals surface area contributed by atoms with E-state index in [1.165, 1.54) is 11.3 Å². The number of halogens is 2. The summed E-state index contributed by atoms with van der Waals surface area (Å²) in [5.74, 6) is 0.512. The summed E-state index contributed by atoms with van der Waals surface area (Å²) in [7, 11) is 0. The van der Waals surface area contributed by atoms with Crippen LogP contribution in [0.3, 0.4) is 0 Å². The van der Waals surface area contributed by atoms with Crippen LogP contribution in [0, 0.1) is 12.8 Å². The van der Waals surface area contributed by atoms with Gasteiger partial charge in [-0.3, -0.25) is 4.79 Å². The van der Waals surface area contributed by atoms with Gasteiger partial charge in [-0.15, -0.1) is 22.9 Å². The highest BCUT2D eigenvalue weighted by molar-refractivity contribution is 9.11. The van der Waals surface area contributed by atoms with Crippen LogP contribution in [0.2, 0.25) is 0 Å². The van der Waals surface area contributed by atoms with E-state index in [2.05, 4.69) is 22.9 Å². The number of alkyl halides is 1. The minimum Gasteiger partial charge on any atom is -0.338 e. The number of carbonyl (C=O) groups excluding carboxylic acids is 1. The second-order valence-corrected chi connectivity index (χ2v) is 7.53. The van der Waals surface area contributed by atoms with Gasteiger partial charge < -0.3 is 4.90 Å². The Morgan fingerprint density at radius 1 is 1.65 bits per heavy atom. The monoisotopic (exact) mass is 335 g/mol. The number of aryl methyl sites for hydroxylation is 1. The summed E-state index contributed by atoms with van der Waals surface area (Å²) in [5.41, 5.74) is 1.12. The quantitative estimate of drug-likeness (QED) is 0.712. The van der Waals surface area contributed by atoms with Gasteiger partial charge in [-0.25, -0.2) is 0 Å². The average molecular weight is 337 g/mol. The first-order valence-corrected chi connectivity index (χ1v) is 7.73. The molecule has 0 saturated carbocycles. The predicted molar refractivity (Wildman–Crippen MR) is 76.1 cm³/mol. The molecule has 0 aromatic carbocycles. The van der Waals surface area contributed by atoms with Crippen molar-refractivity contribution in [1.29, 1.82) is 0 Å². The maximum Gasteiger partial charge on any atom is 0.263 e. The second-order valence-electron chi connectivity index (χ2n) is 4.60. The van der Waals surface area contributed by atoms with Crippen LogP contribution < -0.4 is 0 Å². The predicted octanol–water partition coefficient (Wildman–Crippen LogP) is 3.91. The number of hydrogen-bond acceptors (Lipinski definition) is 2. The molecular formula is C12H15BrClNOS. The van der Waals surface area contributed by atoms with E-state index >= 15 is 0 Å². The Balaban J connectivity index is 2.10. The Kier molecular flexibility index (Phi) is 4.16. The molecule has 0 bridgehead atoms. The molecule has 94 valence electrons. The van der Waals surface area contributed by atoms with Gasteiger partial charge in [0.15, 0.2) is 0 Å². The zero-order chi connectivity index (χ0) is 12.6. The van der Waals surface area contributed by atoms with Gasteiger partial charge in [-0.1, -0.05) is 6.92 Å². The first-order valence-electron chi connectivity index (χ1n) is 5.68. The molecular weight excluding hydrogens is 322 g/mol. The molecule has 1 fully saturated rings. The van der Waals surface area contributed by atoms with Crippen LogP contribution in [0.4, 0.5) is 0 Å². The Hall–Kier alpha value is -0.0600. The van der Waals surface area contributed by atoms with Gasteiger partial charge in [0, 0.05) is 18.5 Å². The number of amides is 1. The molecule has 1 aliphatic rings. The molecule has 1 aliphatic heterocycles. The fraction of sp³-hybridized carbons (Fsp3) is 0.583. The lowest BCUT2D eigenvalue weighted by molar-refractivity contribution is 0.0692. The van der Waals surface area contributed by atoms with E-state index in [1.807, 2.05) is 17.9 Å². The topological polar surface area (TPSA) is 20.3 Å². The van der Waals surface area contributed by atoms with Crippen molar-refractivity contribution in [3.63, 3.8) is 0 Å². The summed E-state index contributed by atoms with van der Waals surface area (Å²) in [5, 5.41) is 0.204. The van der Waals surface area contributed by atoms with Gasteiger partial charge in [-0.05, 0) is 46.8 Å². The average Bonchev–Trinajstić information content (AvgIpc) is 2.62. The number of hydrogen-bond donors (Lipinski definition) is 0. The van der Waals surface area contributed by atoms with Crippen LogP contribution in [0.15, 0.2) is 9.85 Å². The molecule has 1 aromatic heterocycles. The Morgan fingerprint density at radius 2 is 2.35 bits per heavy atom. The van der Waals surface area contributed by atoms with E-state index in [-0.39, 0.29) is 11.3 Å². The number of piperidine rings is 1. The lowest BCUT2D eigenvalue weighted by Gasteiger charge is -2.33. The van der Waals surface area contributed by atoms with E-state index in [9.17, 15) is 4.79 Å². The lowest BCUT2D eigenvalue weighted by atomic mass is 9.99. The minimum atomic E-state index is 0.138. The standard InChI is InChI=1S/C12H15BrClNOS/c1-7-5-10(17-11(7)13)12(16)15-4-3-9(14)8(2)6-15/h5,8-9H,3-4,6H2,1-2H3. The number of carbonyl (C=O) groups is 1. The van der Waals surface area contributed by atoms with Crippen LogP contribution in [0.1, 0.15) is 28.6 Å². The molecule has 1 aromatic rings. The van der Waals surface area contributed by atoms with Gasteiger partial charge >= 0.3 is 0 Å². The highest BCUT2D eigenvalue weighted by atomic mass is 79.9. The highest BCUT2D eigenvalue weighted by Crippen LogP contribution is 2.30. The SMILES string of the molecule is Cc1cc(C(=O)N2CCC(Cl)C(C)C2)sc1Br. The molecule has 0 N–H and O–H groups in total. The largest absolute Gasteiger partial charge is 0.338 e. The van der Waals surface area contributed by atoms with Crippen LogP contribution in [-0.4, -0.2) is 29.3 Å². The molecule has 2 unspecified atom stereocenters. The Labute approximate surface area is 119 Å². The minimum absolute atomic E-state index is 0.138. The van der Waals surface area contributed by atoms with Crippen molar-refractivity contribution in [1.82, 2.24) is 4.90 Å². The number of nitrogens with zero attached hydrogens (tertiary/aromatic N) is 1. The summed E-state index contributed by atoms with van der Waals surface area (Å²) in [6.07, 6.45) is 0.889. The maximum atomic E-state index is 12.3. The molecule has 2 nitrogen and oxygen atoms in total. The third-order valence-electron chi connectivity index (χ3n) is 3.16. The van der Waals surface area contributed by atoms with E-state index < -0.39 is 0 Å². The van der Waals surface area contributed by atoms with Crippen molar-refractivity contribution in [3.05, 3.63) is 20.3 Å². The Bertz CT molecular complexity index is 415. The molecule has 2 heterocycles. The molecule has 0 aliphatic carbocycles. The highest BCUT2D eigenvalue weighted by Gasteiger charge is 2.28. The van der Waals surface area contributed by atoms with Gasteiger partial charge in [0.1, 0.15) is 0 Å². The molecule has 1 amide bonds. The van der Waals surface area contributed by atoms with Crippen LogP contribution in [0.25, 0.3) is 0 Å². The van der Waals surface area contributed by atoms with Crippen molar-refractivity contribution in [2.45, 2.75) is 25.6 Å². The van der Waals surface area contributed by atoms with Crippen molar-refractivity contribution in [2.75, 3.05) is 13.1 Å². The second kappa shape index (κ2) is 5.29. The van der Waals surface area contributed by atoms with E-state index in [0.717, 1.165) is 33.7 Å². The van der Waals surface area contributed by atoms with Gasteiger partial charge in [0.25, 0.3) is 5.91 Å². The summed E-state index contributed by atoms with van der Waals surface area (Å²) in [6.45, 7) is 5.64. The number of rotatable bonds is 1. The smallest absolute Gasteiger partial charge is 0.263 e. The van der Waals surface area contributed by atoms with Crippen molar-refractivity contribution < 1.29 is 4.79 Å². The lowest BCUT2D eigenvalue weighted by Crippen LogP contribution is -2.43. The van der Waals surface area contributed by atoms with Gasteiger partial charge in [0.05, 0.1) is 8.66 Å². The fourth-order valence-electron chi connectivity index (χ4n) is 2.02. The molecule has 5 heteroatoms. The van der Waals surface area contributed by atoms with Crippen molar-refractivity contribution in [2.24, 2.45) is 5.92 Å². The van der Waals surface area contributed by atoms with E-state index in [0.29, 0.717) is 5.92 Å². The first kappa shape index (κ1) is 13.4. The molecule has 0 spiro atoms. The molecule has 2 rings (SSSR count). The Morgan fingerprint density at radius 3 is 2.88 bits per heavy atom. The maximum absolute atomic E-state index is 12.3. The van der Waals surface area contributed by atoms with Crippen LogP contribution in [0.5, 0.6) is 0 Å². The van der Waals surface area contributed by atoms with Crippen molar-refractivity contribution in [3.8, 4) is 0 Å². The van der Waals surface area contributed by atoms with Crippen molar-refractivity contribution >= 4 is 44.8 Å². The summed E-state index contributed by atoms with van der Waals surface area (Å²) < 4.78 is 1.04. The normalized spacial score (nSPS) is 25.1. The van der Waals surface area contributed by atoms with Crippen LogP contribution in [-0.2, 0) is 0 Å². The third-order valence-corrected chi connectivity index (χ3v) is 5.93. The van der Waals surface area contributed by atoms with Gasteiger partial charge in [0.2, 0.25) is 0 Å². The summed E-state index contributed by atoms with van der Waals surface area (Å²) >= 11 is 11.1. The molecule has 0 radical (unpaired) electrons. The zero-order valence-corrected chi connectivity index (χ0v) is 13.0. The first-order chi connectivity index (χ1) is 7.99. The fourth-order valence-corrected chi connectivity index (χ4v) is 3.70. The molecule has 2 atom stereocenters. The van der Waals surface area contributed by atoms with E-state index in [4.69, 9.17) is 11.6 Å². The summed E-state index contributed by atoms with van der Waals surface area (Å²) in [6, 6.07) is 1.95. The number of thiophene rings is 1. The summed E-state index contributed by atoms with van der Waals surface area (Å²) in [4.78, 5) is 15.0. The zero-order valence-electron chi connectivity index (χ0n) is 9.87. The molecule has 17 heavy (non-hydrogen) atoms. The third kappa shape index (κ3) is 2.85. The number of likely N-dealkylation sites (tertiary alicyclic amines) is 1.